The fourth-order valence-electron chi connectivity index (χ4n) is 1.83. The number of aryl methyl sites for hydroxylation is 2. The van der Waals surface area contributed by atoms with Crippen molar-refractivity contribution < 1.29 is 0 Å². The van der Waals surface area contributed by atoms with Gasteiger partial charge >= 0.3 is 0 Å². The first-order valence-corrected chi connectivity index (χ1v) is 5.01. The van der Waals surface area contributed by atoms with Gasteiger partial charge in [-0.25, -0.2) is 0 Å². The van der Waals surface area contributed by atoms with Gasteiger partial charge < -0.3 is 5.73 Å². The van der Waals surface area contributed by atoms with E-state index >= 15 is 0 Å². The summed E-state index contributed by atoms with van der Waals surface area (Å²) in [7, 11) is 0. The van der Waals surface area contributed by atoms with Crippen molar-refractivity contribution >= 4 is 12.4 Å². The van der Waals surface area contributed by atoms with Gasteiger partial charge in [0, 0.05) is 6.04 Å². The SMILES string of the molecule is Cc1ccc(C)c([C@@H](N)C2CC2)c1.Cl. The number of hydrogen-bond acceptors (Lipinski definition) is 1. The predicted octanol–water partition coefficient (Wildman–Crippen LogP) is 3.14. The minimum Gasteiger partial charge on any atom is -0.324 e. The van der Waals surface area contributed by atoms with Gasteiger partial charge in [0.25, 0.3) is 0 Å². The van der Waals surface area contributed by atoms with Gasteiger partial charge in [0.1, 0.15) is 0 Å². The summed E-state index contributed by atoms with van der Waals surface area (Å²) in [6, 6.07) is 6.84. The lowest BCUT2D eigenvalue weighted by molar-refractivity contribution is 0.629. The molecule has 0 heterocycles. The lowest BCUT2D eigenvalue weighted by atomic mass is 9.97. The summed E-state index contributed by atoms with van der Waals surface area (Å²) in [5.74, 6) is 0.750. The lowest BCUT2D eigenvalue weighted by Gasteiger charge is -2.14. The van der Waals surface area contributed by atoms with Crippen LogP contribution in [0.5, 0.6) is 0 Å². The van der Waals surface area contributed by atoms with Crippen LogP contribution < -0.4 is 5.73 Å². The van der Waals surface area contributed by atoms with Gasteiger partial charge in [-0.3, -0.25) is 0 Å². The van der Waals surface area contributed by atoms with Crippen LogP contribution in [0.15, 0.2) is 18.2 Å². The first-order valence-electron chi connectivity index (χ1n) is 5.01. The third-order valence-corrected chi connectivity index (χ3v) is 2.92. The van der Waals surface area contributed by atoms with Crippen LogP contribution in [0.25, 0.3) is 0 Å². The topological polar surface area (TPSA) is 26.0 Å². The Labute approximate surface area is 92.1 Å². The van der Waals surface area contributed by atoms with E-state index in [9.17, 15) is 0 Å². The highest BCUT2D eigenvalue weighted by atomic mass is 35.5. The third-order valence-electron chi connectivity index (χ3n) is 2.92. The maximum atomic E-state index is 6.17. The molecule has 0 amide bonds. The summed E-state index contributed by atoms with van der Waals surface area (Å²) in [6.07, 6.45) is 2.63. The van der Waals surface area contributed by atoms with Crippen LogP contribution >= 0.6 is 12.4 Å². The fourth-order valence-corrected chi connectivity index (χ4v) is 1.83. The standard InChI is InChI=1S/C12H17N.ClH/c1-8-3-4-9(2)11(7-8)12(13)10-5-6-10;/h3-4,7,10,12H,5-6,13H2,1-2H3;1H/t12-;/m0./s1. The van der Waals surface area contributed by atoms with Gasteiger partial charge in [-0.15, -0.1) is 12.4 Å². The van der Waals surface area contributed by atoms with Crippen LogP contribution in [0.3, 0.4) is 0 Å². The average Bonchev–Trinajstić information content (AvgIpc) is 2.91. The second-order valence-electron chi connectivity index (χ2n) is 4.22. The van der Waals surface area contributed by atoms with Crippen molar-refractivity contribution in [1.82, 2.24) is 0 Å². The van der Waals surface area contributed by atoms with E-state index in [1.807, 2.05) is 0 Å². The molecule has 0 bridgehead atoms. The molecule has 1 nitrogen and oxygen atoms in total. The number of benzene rings is 1. The molecule has 1 saturated carbocycles. The number of rotatable bonds is 2. The zero-order valence-corrected chi connectivity index (χ0v) is 9.60. The molecule has 1 aliphatic carbocycles. The van der Waals surface area contributed by atoms with Crippen LogP contribution in [-0.2, 0) is 0 Å². The molecule has 0 radical (unpaired) electrons. The zero-order chi connectivity index (χ0) is 9.42. The molecule has 2 N–H and O–H groups in total. The minimum atomic E-state index is 0. The first-order chi connectivity index (χ1) is 6.18. The van der Waals surface area contributed by atoms with E-state index in [0.29, 0.717) is 0 Å². The molecule has 0 saturated heterocycles. The second kappa shape index (κ2) is 4.33. The molecule has 78 valence electrons. The monoisotopic (exact) mass is 211 g/mol. The Morgan fingerprint density at radius 2 is 1.93 bits per heavy atom. The summed E-state index contributed by atoms with van der Waals surface area (Å²) >= 11 is 0. The Kier molecular flexibility index (Phi) is 3.57. The predicted molar refractivity (Wildman–Crippen MR) is 62.8 cm³/mol. The molecule has 1 fully saturated rings. The van der Waals surface area contributed by atoms with E-state index in [1.54, 1.807) is 0 Å². The summed E-state index contributed by atoms with van der Waals surface area (Å²) in [6.45, 7) is 4.28. The lowest BCUT2D eigenvalue weighted by Crippen LogP contribution is -2.13. The van der Waals surface area contributed by atoms with Gasteiger partial charge in [-0.1, -0.05) is 23.8 Å². The molecule has 0 unspecified atom stereocenters. The molecule has 1 atom stereocenters. The van der Waals surface area contributed by atoms with Crippen molar-refractivity contribution in [1.29, 1.82) is 0 Å². The van der Waals surface area contributed by atoms with E-state index in [4.69, 9.17) is 5.73 Å². The molecule has 2 rings (SSSR count). The minimum absolute atomic E-state index is 0. The molecule has 0 spiro atoms. The first kappa shape index (κ1) is 11.5. The van der Waals surface area contributed by atoms with E-state index in [-0.39, 0.29) is 18.4 Å². The van der Waals surface area contributed by atoms with Crippen molar-refractivity contribution in [3.05, 3.63) is 34.9 Å². The van der Waals surface area contributed by atoms with Gasteiger partial charge in [-0.05, 0) is 43.7 Å². The van der Waals surface area contributed by atoms with E-state index in [1.165, 1.54) is 29.5 Å². The largest absolute Gasteiger partial charge is 0.324 e. The fraction of sp³-hybridized carbons (Fsp3) is 0.500. The highest BCUT2D eigenvalue weighted by molar-refractivity contribution is 5.85. The maximum Gasteiger partial charge on any atom is 0.0326 e. The maximum absolute atomic E-state index is 6.17. The average molecular weight is 212 g/mol. The third kappa shape index (κ3) is 2.28. The normalized spacial score (nSPS) is 17.4. The van der Waals surface area contributed by atoms with Crippen LogP contribution in [0.4, 0.5) is 0 Å². The molecular weight excluding hydrogens is 194 g/mol. The highest BCUT2D eigenvalue weighted by Gasteiger charge is 2.30. The van der Waals surface area contributed by atoms with Gasteiger partial charge in [-0.2, -0.15) is 0 Å². The summed E-state index contributed by atoms with van der Waals surface area (Å²) in [4.78, 5) is 0. The molecule has 0 aliphatic heterocycles. The van der Waals surface area contributed by atoms with Crippen molar-refractivity contribution in [2.24, 2.45) is 11.7 Å². The summed E-state index contributed by atoms with van der Waals surface area (Å²) in [5, 5.41) is 0. The zero-order valence-electron chi connectivity index (χ0n) is 8.79. The molecule has 1 aromatic rings. The molecule has 1 aliphatic rings. The number of halogens is 1. The Bertz CT molecular complexity index is 318. The van der Waals surface area contributed by atoms with Crippen molar-refractivity contribution in [2.75, 3.05) is 0 Å². The molecule has 0 aromatic heterocycles. The van der Waals surface area contributed by atoms with Crippen molar-refractivity contribution in [3.63, 3.8) is 0 Å². The summed E-state index contributed by atoms with van der Waals surface area (Å²) in [5.41, 5.74) is 10.2. The smallest absolute Gasteiger partial charge is 0.0326 e. The van der Waals surface area contributed by atoms with E-state index < -0.39 is 0 Å². The Hall–Kier alpha value is -0.530. The highest BCUT2D eigenvalue weighted by Crippen LogP contribution is 2.40. The van der Waals surface area contributed by atoms with Crippen molar-refractivity contribution in [2.45, 2.75) is 32.7 Å². The Balaban J connectivity index is 0.000000980. The van der Waals surface area contributed by atoms with Crippen LogP contribution in [-0.4, -0.2) is 0 Å². The van der Waals surface area contributed by atoms with E-state index in [0.717, 1.165) is 5.92 Å². The van der Waals surface area contributed by atoms with Crippen LogP contribution in [0.2, 0.25) is 0 Å². The quantitative estimate of drug-likeness (QED) is 0.799. The van der Waals surface area contributed by atoms with E-state index in [2.05, 4.69) is 32.0 Å². The van der Waals surface area contributed by atoms with Gasteiger partial charge in [0.05, 0.1) is 0 Å². The Morgan fingerprint density at radius 1 is 1.29 bits per heavy atom. The molecule has 2 heteroatoms. The molecule has 1 aromatic carbocycles. The second-order valence-corrected chi connectivity index (χ2v) is 4.22. The van der Waals surface area contributed by atoms with Gasteiger partial charge in [0.2, 0.25) is 0 Å². The Morgan fingerprint density at radius 3 is 2.50 bits per heavy atom. The van der Waals surface area contributed by atoms with Crippen LogP contribution in [0.1, 0.15) is 35.6 Å². The van der Waals surface area contributed by atoms with Gasteiger partial charge in [0.15, 0.2) is 0 Å². The van der Waals surface area contributed by atoms with Crippen LogP contribution in [0, 0.1) is 19.8 Å². The summed E-state index contributed by atoms with van der Waals surface area (Å²) < 4.78 is 0. The molecular formula is C12H18ClN. The number of nitrogens with two attached hydrogens (primary N) is 1. The van der Waals surface area contributed by atoms with Crippen molar-refractivity contribution in [3.8, 4) is 0 Å². The number of hydrogen-bond donors (Lipinski definition) is 1. The molecule has 14 heavy (non-hydrogen) atoms.